The Morgan fingerprint density at radius 1 is 1.06 bits per heavy atom. The fraction of sp³-hybridized carbons (Fsp3) is 0.500. The number of nitrogens with zero attached hydrogens (tertiary/aromatic N) is 7. The van der Waals surface area contributed by atoms with Crippen molar-refractivity contribution in [2.75, 3.05) is 54.0 Å². The quantitative estimate of drug-likeness (QED) is 0.144. The summed E-state index contributed by atoms with van der Waals surface area (Å²) in [5, 5.41) is 8.25. The molecule has 15 nitrogen and oxygen atoms in total. The number of likely N-dealkylation sites (N-methyl/N-ethyl adjacent to an activating group) is 2. The molecule has 0 spiro atoms. The topological polar surface area (TPSA) is 154 Å². The number of methoxy groups -OCH3 is 1. The molecule has 0 saturated carbocycles. The molecular formula is C52H67N9O6S. The van der Waals surface area contributed by atoms with Crippen LogP contribution in [0.3, 0.4) is 0 Å². The molecule has 4 amide bonds. The van der Waals surface area contributed by atoms with Gasteiger partial charge in [0.25, 0.3) is 5.91 Å². The summed E-state index contributed by atoms with van der Waals surface area (Å²) < 4.78 is 14.3. The lowest BCUT2D eigenvalue weighted by molar-refractivity contribution is -0.155. The predicted octanol–water partition coefficient (Wildman–Crippen LogP) is 7.27. The molecule has 2 saturated heterocycles. The standard InChI is InChI=1S/C52H67N9O6S/c1-10-60-42-21-20-35-26-37(42)38(47(60)36-18-14-22-53-45(36)33(4)66-9)28-52(5,6)31-67-50(64)39-19-15-23-61(56-39)49(63)40(27-44-54-41(35)30-68-44)55-48(62)46(32(2)3)58(8)51(65)59-25-24-57(7)43(29-59)34-16-12-11-13-17-34/h11-14,16-18,20-22,26,30,32-33,39-40,43,46,56H,10,15,19,23-25,27-29,31H2,1-9H3,(H,55,62)/t33-,39-,40-,43+,46?/m0/s1. The van der Waals surface area contributed by atoms with Gasteiger partial charge in [0, 0.05) is 92.3 Å². The number of thiazole rings is 1. The first kappa shape index (κ1) is 48.8. The summed E-state index contributed by atoms with van der Waals surface area (Å²) in [6, 6.07) is 17.7. The molecule has 2 fully saturated rings. The van der Waals surface area contributed by atoms with Crippen molar-refractivity contribution < 1.29 is 28.7 Å². The highest BCUT2D eigenvalue weighted by Crippen LogP contribution is 2.42. The average molecular weight is 946 g/mol. The number of cyclic esters (lactones) is 1. The Morgan fingerprint density at radius 3 is 2.57 bits per heavy atom. The summed E-state index contributed by atoms with van der Waals surface area (Å²) in [6.07, 6.45) is 3.27. The molecule has 362 valence electrons. The lowest BCUT2D eigenvalue weighted by Gasteiger charge is -2.42. The molecule has 1 unspecified atom stereocenters. The van der Waals surface area contributed by atoms with E-state index in [0.29, 0.717) is 57.0 Å². The molecule has 0 radical (unpaired) electrons. The van der Waals surface area contributed by atoms with E-state index in [1.165, 1.54) is 21.2 Å². The van der Waals surface area contributed by atoms with E-state index in [4.69, 9.17) is 19.4 Å². The van der Waals surface area contributed by atoms with E-state index in [1.54, 1.807) is 20.4 Å². The Bertz CT molecular complexity index is 2630. The van der Waals surface area contributed by atoms with Gasteiger partial charge in [-0.3, -0.25) is 29.3 Å². The van der Waals surface area contributed by atoms with E-state index in [2.05, 4.69) is 84.4 Å². The van der Waals surface area contributed by atoms with Gasteiger partial charge in [0.2, 0.25) is 5.91 Å². The summed E-state index contributed by atoms with van der Waals surface area (Å²) in [5.41, 5.74) is 10.5. The van der Waals surface area contributed by atoms with Gasteiger partial charge >= 0.3 is 12.0 Å². The molecule has 3 aromatic heterocycles. The van der Waals surface area contributed by atoms with Crippen molar-refractivity contribution in [1.82, 2.24) is 45.0 Å². The van der Waals surface area contributed by atoms with Crippen LogP contribution in [0, 0.1) is 11.3 Å². The smallest absolute Gasteiger partial charge is 0.324 e. The Morgan fingerprint density at radius 2 is 1.84 bits per heavy atom. The summed E-state index contributed by atoms with van der Waals surface area (Å²) >= 11 is 1.43. The number of hydrogen-bond acceptors (Lipinski definition) is 11. The molecule has 16 heteroatoms. The van der Waals surface area contributed by atoms with Gasteiger partial charge < -0.3 is 29.2 Å². The number of piperazine rings is 1. The van der Waals surface area contributed by atoms with Gasteiger partial charge in [0.15, 0.2) is 0 Å². The first-order valence-electron chi connectivity index (χ1n) is 24.0. The Hall–Kier alpha value is -5.68. The summed E-state index contributed by atoms with van der Waals surface area (Å²) in [7, 11) is 5.42. The largest absolute Gasteiger partial charge is 0.464 e. The van der Waals surface area contributed by atoms with Crippen LogP contribution in [0.1, 0.15) is 88.4 Å². The first-order valence-corrected chi connectivity index (χ1v) is 24.9. The maximum Gasteiger partial charge on any atom is 0.324 e. The zero-order valence-corrected chi connectivity index (χ0v) is 41.8. The van der Waals surface area contributed by atoms with Crippen LogP contribution in [-0.2, 0) is 43.2 Å². The molecule has 2 aromatic carbocycles. The number of hydrogen-bond donors (Lipinski definition) is 2. The highest BCUT2D eigenvalue weighted by Gasteiger charge is 2.40. The van der Waals surface area contributed by atoms with Crippen LogP contribution in [0.5, 0.6) is 0 Å². The zero-order chi connectivity index (χ0) is 48.4. The normalized spacial score (nSPS) is 21.3. The van der Waals surface area contributed by atoms with Crippen LogP contribution in [-0.4, -0.2) is 130 Å². The molecule has 8 rings (SSSR count). The minimum atomic E-state index is -1.06. The number of carbonyl (C=O) groups is 4. The van der Waals surface area contributed by atoms with Gasteiger partial charge in [0.05, 0.1) is 40.8 Å². The number of urea groups is 1. The number of ether oxygens (including phenoxy) is 2. The second kappa shape index (κ2) is 20.5. The van der Waals surface area contributed by atoms with Gasteiger partial charge in [-0.1, -0.05) is 64.1 Å². The van der Waals surface area contributed by atoms with E-state index in [-0.39, 0.29) is 37.1 Å². The minimum Gasteiger partial charge on any atom is -0.464 e. The lowest BCUT2D eigenvalue weighted by Crippen LogP contribution is -2.63. The number of esters is 1. The number of amides is 4. The maximum atomic E-state index is 14.7. The predicted molar refractivity (Wildman–Crippen MR) is 264 cm³/mol. The minimum absolute atomic E-state index is 0.00942. The van der Waals surface area contributed by atoms with Gasteiger partial charge in [-0.25, -0.2) is 15.2 Å². The number of fused-ring (bicyclic) bond motifs is 6. The van der Waals surface area contributed by atoms with Gasteiger partial charge in [0.1, 0.15) is 18.1 Å². The van der Waals surface area contributed by atoms with Crippen molar-refractivity contribution in [1.29, 1.82) is 0 Å². The number of carbonyl (C=O) groups excluding carboxylic acids is 4. The van der Waals surface area contributed by atoms with E-state index < -0.39 is 41.3 Å². The molecule has 0 aliphatic carbocycles. The molecule has 3 aliphatic heterocycles. The van der Waals surface area contributed by atoms with Crippen molar-refractivity contribution in [2.24, 2.45) is 11.3 Å². The van der Waals surface area contributed by atoms with Crippen molar-refractivity contribution in [3.8, 4) is 22.5 Å². The highest BCUT2D eigenvalue weighted by molar-refractivity contribution is 7.10. The van der Waals surface area contributed by atoms with E-state index >= 15 is 0 Å². The zero-order valence-electron chi connectivity index (χ0n) is 41.0. The highest BCUT2D eigenvalue weighted by atomic mass is 32.1. The van der Waals surface area contributed by atoms with Gasteiger partial charge in [-0.15, -0.1) is 11.3 Å². The number of pyridine rings is 1. The third-order valence-electron chi connectivity index (χ3n) is 13.9. The van der Waals surface area contributed by atoms with Crippen molar-refractivity contribution in [3.63, 3.8) is 0 Å². The Labute approximate surface area is 404 Å². The fourth-order valence-electron chi connectivity index (χ4n) is 10.2. The van der Waals surface area contributed by atoms with E-state index in [0.717, 1.165) is 50.2 Å². The molecule has 6 bridgehead atoms. The van der Waals surface area contributed by atoms with Crippen molar-refractivity contribution in [2.45, 2.75) is 104 Å². The number of benzene rings is 2. The molecule has 3 aliphatic rings. The van der Waals surface area contributed by atoms with Gasteiger partial charge in [-0.2, -0.15) is 0 Å². The van der Waals surface area contributed by atoms with Crippen molar-refractivity contribution in [3.05, 3.63) is 94.1 Å². The lowest BCUT2D eigenvalue weighted by atomic mass is 9.84. The number of nitrogens with one attached hydrogen (secondary N) is 2. The third-order valence-corrected chi connectivity index (χ3v) is 14.7. The summed E-state index contributed by atoms with van der Waals surface area (Å²) in [4.78, 5) is 73.1. The number of rotatable bonds is 9. The van der Waals surface area contributed by atoms with Crippen LogP contribution in [0.4, 0.5) is 4.79 Å². The second-order valence-corrected chi connectivity index (χ2v) is 20.6. The van der Waals surface area contributed by atoms with Crippen LogP contribution < -0.4 is 10.7 Å². The molecule has 5 atom stereocenters. The molecule has 68 heavy (non-hydrogen) atoms. The first-order chi connectivity index (χ1) is 32.6. The monoisotopic (exact) mass is 945 g/mol. The van der Waals surface area contributed by atoms with Crippen molar-refractivity contribution >= 4 is 46.1 Å². The number of hydrazine groups is 1. The third kappa shape index (κ3) is 10.1. The number of aromatic nitrogens is 3. The van der Waals surface area contributed by atoms with E-state index in [1.807, 2.05) is 55.3 Å². The average Bonchev–Trinajstić information content (AvgIpc) is 3.93. The Kier molecular flexibility index (Phi) is 14.7. The van der Waals surface area contributed by atoms with E-state index in [9.17, 15) is 19.2 Å². The Balaban J connectivity index is 1.14. The van der Waals surface area contributed by atoms with Crippen LogP contribution in [0.25, 0.3) is 33.4 Å². The molecule has 2 N–H and O–H groups in total. The summed E-state index contributed by atoms with van der Waals surface area (Å²) in [6.45, 7) is 15.0. The van der Waals surface area contributed by atoms with Crippen LogP contribution >= 0.6 is 11.3 Å². The SMILES string of the molecule is CCn1c(-c2cccnc2[C@H](C)OC)c2c3cc(ccc31)-c1csc(n1)C[C@H](NC(=O)C(C(C)C)N(C)C(=O)N1CCN(C)[C@@H](c3ccccc3)C1)C(=O)N1CCC[C@H](N1)C(=O)OCC(C)(C)C2. The molecular weight excluding hydrogens is 879 g/mol. The fourth-order valence-corrected chi connectivity index (χ4v) is 11.0. The van der Waals surface area contributed by atoms with Crippen LogP contribution in [0.15, 0.2) is 72.2 Å². The summed E-state index contributed by atoms with van der Waals surface area (Å²) in [5.74, 6) is -1.56. The van der Waals surface area contributed by atoms with Crippen LogP contribution in [0.2, 0.25) is 0 Å². The second-order valence-electron chi connectivity index (χ2n) is 19.7. The number of aryl methyl sites for hydroxylation is 1. The van der Waals surface area contributed by atoms with Gasteiger partial charge in [-0.05, 0) is 81.5 Å². The maximum absolute atomic E-state index is 14.7. The molecule has 6 heterocycles. The molecule has 5 aromatic rings.